The van der Waals surface area contributed by atoms with E-state index in [9.17, 15) is 0 Å². The Morgan fingerprint density at radius 3 is 1.23 bits per heavy atom. The summed E-state index contributed by atoms with van der Waals surface area (Å²) >= 11 is -1.35. The molecule has 0 fully saturated rings. The fraction of sp³-hybridized carbons (Fsp3) is 0.667. The van der Waals surface area contributed by atoms with Crippen LogP contribution in [0.15, 0.2) is 36.5 Å². The molecule has 22 heavy (non-hydrogen) atoms. The van der Waals surface area contributed by atoms with Gasteiger partial charge in [0, 0.05) is 0 Å². The summed E-state index contributed by atoms with van der Waals surface area (Å²) in [5.74, 6) is 0. The van der Waals surface area contributed by atoms with Gasteiger partial charge in [-0.15, -0.1) is 0 Å². The molecule has 0 amide bonds. The van der Waals surface area contributed by atoms with Crippen molar-refractivity contribution in [1.29, 1.82) is 0 Å². The molecule has 0 N–H and O–H groups in total. The van der Waals surface area contributed by atoms with Crippen molar-refractivity contribution < 1.29 is 0 Å². The molecule has 0 aliphatic heterocycles. The van der Waals surface area contributed by atoms with Crippen LogP contribution in [0.4, 0.5) is 0 Å². The molecular formula is C18H27S3Sb. The van der Waals surface area contributed by atoms with Gasteiger partial charge in [0.05, 0.1) is 0 Å². The van der Waals surface area contributed by atoms with Gasteiger partial charge in [0.2, 0.25) is 0 Å². The molecule has 3 aliphatic carbocycles. The second-order valence-corrected chi connectivity index (χ2v) is 27.4. The fourth-order valence-electron chi connectivity index (χ4n) is 3.01. The first-order chi connectivity index (χ1) is 10.9. The van der Waals surface area contributed by atoms with Gasteiger partial charge in [-0.05, 0) is 0 Å². The molecule has 0 spiro atoms. The summed E-state index contributed by atoms with van der Waals surface area (Å²) in [6.07, 6.45) is 27.2. The van der Waals surface area contributed by atoms with Crippen molar-refractivity contribution in [1.82, 2.24) is 0 Å². The maximum atomic E-state index is 2.51. The van der Waals surface area contributed by atoms with Crippen LogP contribution in [0.5, 0.6) is 0 Å². The molecule has 122 valence electrons. The van der Waals surface area contributed by atoms with Gasteiger partial charge in [0.1, 0.15) is 0 Å². The number of hydrogen-bond acceptors (Lipinski definition) is 3. The molecule has 0 bridgehead atoms. The van der Waals surface area contributed by atoms with Gasteiger partial charge in [-0.1, -0.05) is 0 Å². The maximum absolute atomic E-state index is 2.51. The standard InChI is InChI=1S/3C6H10S.Sb/c3*7-6-4-2-1-3-5-6;/h3*2,4,6-7H,1,3,5H2;/q;;;+3/p-3. The summed E-state index contributed by atoms with van der Waals surface area (Å²) in [4.78, 5) is 0. The van der Waals surface area contributed by atoms with Gasteiger partial charge in [0.15, 0.2) is 0 Å². The van der Waals surface area contributed by atoms with Gasteiger partial charge in [0.25, 0.3) is 0 Å². The van der Waals surface area contributed by atoms with Crippen molar-refractivity contribution in [2.75, 3.05) is 0 Å². The molecule has 0 aromatic heterocycles. The van der Waals surface area contributed by atoms with E-state index in [4.69, 9.17) is 0 Å². The predicted octanol–water partition coefficient (Wildman–Crippen LogP) is 6.50. The molecule has 3 atom stereocenters. The van der Waals surface area contributed by atoms with E-state index >= 15 is 0 Å². The summed E-state index contributed by atoms with van der Waals surface area (Å²) in [5, 5.41) is 2.49. The van der Waals surface area contributed by atoms with Crippen LogP contribution >= 0.6 is 26.5 Å². The van der Waals surface area contributed by atoms with Crippen molar-refractivity contribution in [3.8, 4) is 0 Å². The van der Waals surface area contributed by atoms with Crippen LogP contribution < -0.4 is 0 Å². The van der Waals surface area contributed by atoms with Crippen molar-refractivity contribution in [3.63, 3.8) is 0 Å². The van der Waals surface area contributed by atoms with Gasteiger partial charge in [-0.2, -0.15) is 0 Å². The van der Waals surface area contributed by atoms with Gasteiger partial charge < -0.3 is 0 Å². The Labute approximate surface area is 151 Å². The normalized spacial score (nSPS) is 31.8. The zero-order valence-corrected chi connectivity index (χ0v) is 18.2. The van der Waals surface area contributed by atoms with Crippen molar-refractivity contribution in [2.24, 2.45) is 0 Å². The van der Waals surface area contributed by atoms with E-state index in [2.05, 4.69) is 63.0 Å². The third-order valence-corrected chi connectivity index (χ3v) is 28.6. The minimum atomic E-state index is -1.35. The first-order valence-electron chi connectivity index (χ1n) is 8.70. The van der Waals surface area contributed by atoms with Gasteiger partial charge >= 0.3 is 153 Å². The van der Waals surface area contributed by atoms with Crippen molar-refractivity contribution in [3.05, 3.63) is 36.5 Å². The van der Waals surface area contributed by atoms with Crippen LogP contribution in [0.25, 0.3) is 0 Å². The first-order valence-corrected chi connectivity index (χ1v) is 20.6. The molecule has 3 unspecified atom stereocenters. The van der Waals surface area contributed by atoms with Crippen LogP contribution in [0, 0.1) is 0 Å². The van der Waals surface area contributed by atoms with E-state index in [1.807, 2.05) is 0 Å². The van der Waals surface area contributed by atoms with Gasteiger partial charge in [-0.3, -0.25) is 0 Å². The van der Waals surface area contributed by atoms with E-state index in [1.165, 1.54) is 57.8 Å². The summed E-state index contributed by atoms with van der Waals surface area (Å²) < 4.78 is 0. The van der Waals surface area contributed by atoms with E-state index in [0.717, 1.165) is 15.7 Å². The Morgan fingerprint density at radius 2 is 0.955 bits per heavy atom. The molecule has 0 radical (unpaired) electrons. The Kier molecular flexibility index (Phi) is 8.27. The van der Waals surface area contributed by atoms with Crippen LogP contribution in [0.3, 0.4) is 0 Å². The van der Waals surface area contributed by atoms with E-state index in [-0.39, 0.29) is 0 Å². The summed E-state index contributed by atoms with van der Waals surface area (Å²) in [7, 11) is 7.22. The zero-order chi connectivity index (χ0) is 15.0. The Balaban J connectivity index is 1.58. The average molecular weight is 461 g/mol. The summed E-state index contributed by atoms with van der Waals surface area (Å²) in [5.41, 5.74) is 0. The molecule has 0 aromatic rings. The molecule has 3 aliphatic rings. The molecule has 3 rings (SSSR count). The van der Waals surface area contributed by atoms with Crippen molar-refractivity contribution in [2.45, 2.75) is 73.5 Å². The van der Waals surface area contributed by atoms with E-state index in [1.54, 1.807) is 0 Å². The molecule has 4 heteroatoms. The third kappa shape index (κ3) is 6.19. The minimum absolute atomic E-state index is 0.830. The van der Waals surface area contributed by atoms with Crippen LogP contribution in [-0.4, -0.2) is 31.8 Å². The zero-order valence-electron chi connectivity index (χ0n) is 13.2. The van der Waals surface area contributed by atoms with Crippen molar-refractivity contribution >= 4 is 42.6 Å². The molecule has 0 nitrogen and oxygen atoms in total. The molecule has 0 aromatic carbocycles. The second-order valence-electron chi connectivity index (χ2n) is 6.23. The third-order valence-electron chi connectivity index (χ3n) is 4.29. The fourth-order valence-corrected chi connectivity index (χ4v) is 33.0. The number of hydrogen-bond donors (Lipinski definition) is 0. The summed E-state index contributed by atoms with van der Waals surface area (Å²) in [6, 6.07) is 0. The molecule has 0 heterocycles. The Morgan fingerprint density at radius 1 is 0.591 bits per heavy atom. The van der Waals surface area contributed by atoms with Crippen LogP contribution in [0.2, 0.25) is 0 Å². The first kappa shape index (κ1) is 17.9. The van der Waals surface area contributed by atoms with Gasteiger partial charge in [-0.25, -0.2) is 0 Å². The van der Waals surface area contributed by atoms with Crippen LogP contribution in [-0.2, 0) is 0 Å². The molecule has 0 saturated heterocycles. The van der Waals surface area contributed by atoms with E-state index in [0.29, 0.717) is 0 Å². The average Bonchev–Trinajstić information content (AvgIpc) is 2.57. The van der Waals surface area contributed by atoms with E-state index < -0.39 is 16.0 Å². The Hall–Kier alpha value is 1.09. The number of allylic oxidation sites excluding steroid dienone is 3. The Bertz CT molecular complexity index is 357. The molecule has 0 saturated carbocycles. The summed E-state index contributed by atoms with van der Waals surface area (Å²) in [6.45, 7) is 0. The SMILES string of the molecule is C1=CC([S][Sb]([S]C2C=CCCC2)[S]C2C=CCCC2)CCC1. The topological polar surface area (TPSA) is 0 Å². The van der Waals surface area contributed by atoms with Crippen LogP contribution in [0.1, 0.15) is 57.8 Å². The quantitative estimate of drug-likeness (QED) is 0.328. The molecular weight excluding hydrogens is 434 g/mol. The number of rotatable bonds is 6. The predicted molar refractivity (Wildman–Crippen MR) is 109 cm³/mol. The monoisotopic (exact) mass is 460 g/mol. The second kappa shape index (κ2) is 10.2.